The molecule has 0 bridgehead atoms. The smallest absolute Gasteiger partial charge is 0.296 e. The zero-order chi connectivity index (χ0) is 13.0. The Bertz CT molecular complexity index is 539. The third-order valence-electron chi connectivity index (χ3n) is 3.30. The quantitative estimate of drug-likeness (QED) is 0.798. The molecule has 3 heteroatoms. The molecule has 0 atom stereocenters. The molecule has 1 saturated carbocycles. The lowest BCUT2D eigenvalue weighted by molar-refractivity contribution is -0.117. The normalized spacial score (nSPS) is 25.0. The first-order valence-corrected chi connectivity index (χ1v) is 5.90. The second kappa shape index (κ2) is 4.94. The van der Waals surface area contributed by atoms with Gasteiger partial charge < -0.3 is 5.32 Å². The molecule has 18 heavy (non-hydrogen) atoms. The van der Waals surface area contributed by atoms with Gasteiger partial charge in [-0.05, 0) is 31.2 Å². The van der Waals surface area contributed by atoms with Crippen LogP contribution in [0.25, 0.3) is 0 Å². The van der Waals surface area contributed by atoms with E-state index in [-0.39, 0.29) is 11.9 Å². The summed E-state index contributed by atoms with van der Waals surface area (Å²) in [4.78, 5) is 11.3. The van der Waals surface area contributed by atoms with Gasteiger partial charge in [0.05, 0.1) is 11.5 Å². The molecule has 1 amide bonds. The van der Waals surface area contributed by atoms with E-state index in [9.17, 15) is 10.1 Å². The second-order valence-electron chi connectivity index (χ2n) is 4.51. The van der Waals surface area contributed by atoms with Gasteiger partial charge in [-0.2, -0.15) is 5.26 Å². The van der Waals surface area contributed by atoms with Crippen molar-refractivity contribution in [1.29, 1.82) is 5.26 Å². The highest BCUT2D eigenvalue weighted by Gasteiger charge is 2.46. The maximum Gasteiger partial charge on any atom is 0.296 e. The van der Waals surface area contributed by atoms with Crippen LogP contribution in [0.3, 0.4) is 0 Å². The molecule has 1 fully saturated rings. The molecule has 1 aromatic rings. The van der Waals surface area contributed by atoms with Gasteiger partial charge in [0.15, 0.2) is 0 Å². The first kappa shape index (κ1) is 12.2. The molecule has 90 valence electrons. The van der Waals surface area contributed by atoms with Crippen LogP contribution in [0.4, 0.5) is 0 Å². The summed E-state index contributed by atoms with van der Waals surface area (Å²) in [5, 5.41) is 12.2. The lowest BCUT2D eigenvalue weighted by Crippen LogP contribution is -2.52. The van der Waals surface area contributed by atoms with Gasteiger partial charge in [-0.1, -0.05) is 36.3 Å². The Labute approximate surface area is 107 Å². The average Bonchev–Trinajstić information content (AvgIpc) is 2.35. The van der Waals surface area contributed by atoms with E-state index < -0.39 is 5.41 Å². The van der Waals surface area contributed by atoms with Crippen molar-refractivity contribution < 1.29 is 4.79 Å². The second-order valence-corrected chi connectivity index (χ2v) is 4.51. The molecule has 0 aromatic heterocycles. The van der Waals surface area contributed by atoms with Crippen LogP contribution in [0.5, 0.6) is 0 Å². The fourth-order valence-corrected chi connectivity index (χ4v) is 2.37. The maximum absolute atomic E-state index is 11.3. The molecular weight excluding hydrogens is 224 g/mol. The zero-order valence-corrected chi connectivity index (χ0v) is 10.2. The molecule has 2 rings (SSSR count). The van der Waals surface area contributed by atoms with Crippen molar-refractivity contribution in [2.75, 3.05) is 0 Å². The first-order valence-electron chi connectivity index (χ1n) is 5.90. The number of nitriles is 1. The Hall–Kier alpha value is -2.26. The van der Waals surface area contributed by atoms with Crippen molar-refractivity contribution in [1.82, 2.24) is 5.32 Å². The fourth-order valence-electron chi connectivity index (χ4n) is 2.37. The fraction of sp³-hybridized carbons (Fsp3) is 0.333. The summed E-state index contributed by atoms with van der Waals surface area (Å²) in [7, 11) is 0. The van der Waals surface area contributed by atoms with Crippen molar-refractivity contribution in [2.24, 2.45) is 0 Å². The van der Waals surface area contributed by atoms with Gasteiger partial charge in [0, 0.05) is 6.04 Å². The number of carbonyl (C=O) groups excluding carboxylic acids is 1. The lowest BCUT2D eigenvalue weighted by Gasteiger charge is -2.42. The van der Waals surface area contributed by atoms with Crippen LogP contribution < -0.4 is 5.32 Å². The van der Waals surface area contributed by atoms with Crippen LogP contribution in [0, 0.1) is 23.2 Å². The van der Waals surface area contributed by atoms with Crippen molar-refractivity contribution in [3.05, 3.63) is 35.9 Å². The Morgan fingerprint density at radius 1 is 1.39 bits per heavy atom. The third kappa shape index (κ3) is 2.21. The summed E-state index contributed by atoms with van der Waals surface area (Å²) in [6, 6.07) is 12.2. The molecule has 1 aromatic carbocycles. The van der Waals surface area contributed by atoms with Crippen LogP contribution in [-0.2, 0) is 10.2 Å². The molecular formula is C15H14N2O. The number of amides is 1. The van der Waals surface area contributed by atoms with Gasteiger partial charge in [0.2, 0.25) is 0 Å². The number of nitrogens with zero attached hydrogens (tertiary/aromatic N) is 1. The standard InChI is InChI=1S/C15H14N2O/c1-2-6-14(18)17-13-9-15(10-13,11-16)12-7-4-3-5-8-12/h3-5,7-8,13H,9-10H2,1H3,(H,17,18). The molecule has 0 unspecified atom stereocenters. The van der Waals surface area contributed by atoms with E-state index in [4.69, 9.17) is 0 Å². The van der Waals surface area contributed by atoms with E-state index in [1.165, 1.54) is 0 Å². The predicted molar refractivity (Wildman–Crippen MR) is 68.3 cm³/mol. The van der Waals surface area contributed by atoms with Gasteiger partial charge in [-0.25, -0.2) is 0 Å². The number of benzene rings is 1. The molecule has 0 aliphatic heterocycles. The predicted octanol–water partition coefficient (Wildman–Crippen LogP) is 1.75. The van der Waals surface area contributed by atoms with E-state index >= 15 is 0 Å². The zero-order valence-electron chi connectivity index (χ0n) is 10.2. The molecule has 0 saturated heterocycles. The van der Waals surface area contributed by atoms with Crippen molar-refractivity contribution >= 4 is 5.91 Å². The van der Waals surface area contributed by atoms with Crippen molar-refractivity contribution in [3.8, 4) is 17.9 Å². The lowest BCUT2D eigenvalue weighted by atomic mass is 9.62. The largest absolute Gasteiger partial charge is 0.342 e. The topological polar surface area (TPSA) is 52.9 Å². The van der Waals surface area contributed by atoms with Crippen molar-refractivity contribution in [2.45, 2.75) is 31.2 Å². The minimum Gasteiger partial charge on any atom is -0.342 e. The molecule has 1 N–H and O–H groups in total. The highest BCUT2D eigenvalue weighted by Crippen LogP contribution is 2.43. The van der Waals surface area contributed by atoms with Gasteiger partial charge in [0.25, 0.3) is 5.91 Å². The van der Waals surface area contributed by atoms with Gasteiger partial charge in [-0.15, -0.1) is 0 Å². The van der Waals surface area contributed by atoms with E-state index in [0.717, 1.165) is 5.56 Å². The van der Waals surface area contributed by atoms with Crippen LogP contribution in [0.1, 0.15) is 25.3 Å². The molecule has 0 spiro atoms. The van der Waals surface area contributed by atoms with E-state index in [1.54, 1.807) is 6.92 Å². The Morgan fingerprint density at radius 3 is 2.61 bits per heavy atom. The summed E-state index contributed by atoms with van der Waals surface area (Å²) in [5.41, 5.74) is 0.582. The highest BCUT2D eigenvalue weighted by molar-refractivity contribution is 5.93. The summed E-state index contributed by atoms with van der Waals surface area (Å²) < 4.78 is 0. The molecule has 0 radical (unpaired) electrons. The molecule has 1 aliphatic rings. The number of nitrogens with one attached hydrogen (secondary N) is 1. The molecule has 0 heterocycles. The number of hydrogen-bond donors (Lipinski definition) is 1. The minimum absolute atomic E-state index is 0.0539. The number of rotatable bonds is 2. The summed E-state index contributed by atoms with van der Waals surface area (Å²) in [5.74, 6) is 4.75. The SMILES string of the molecule is CC#CC(=O)NC1CC(C#N)(c2ccccc2)C1. The average molecular weight is 238 g/mol. The highest BCUT2D eigenvalue weighted by atomic mass is 16.1. The first-order chi connectivity index (χ1) is 8.70. The van der Waals surface area contributed by atoms with Crippen LogP contribution in [-0.4, -0.2) is 11.9 Å². The van der Waals surface area contributed by atoms with Crippen LogP contribution in [0.2, 0.25) is 0 Å². The van der Waals surface area contributed by atoms with Gasteiger partial charge in [0.1, 0.15) is 0 Å². The monoisotopic (exact) mass is 238 g/mol. The Morgan fingerprint density at radius 2 is 2.06 bits per heavy atom. The number of carbonyl (C=O) groups is 1. The van der Waals surface area contributed by atoms with E-state index in [1.807, 2.05) is 30.3 Å². The van der Waals surface area contributed by atoms with Crippen molar-refractivity contribution in [3.63, 3.8) is 0 Å². The summed E-state index contributed by atoms with van der Waals surface area (Å²) >= 11 is 0. The Balaban J connectivity index is 2.03. The summed E-state index contributed by atoms with van der Waals surface area (Å²) in [6.07, 6.45) is 1.31. The Kier molecular flexibility index (Phi) is 3.35. The third-order valence-corrected chi connectivity index (χ3v) is 3.30. The maximum atomic E-state index is 11.3. The van der Waals surface area contributed by atoms with Crippen LogP contribution >= 0.6 is 0 Å². The minimum atomic E-state index is -0.446. The molecule has 1 aliphatic carbocycles. The van der Waals surface area contributed by atoms with Gasteiger partial charge in [-0.3, -0.25) is 4.79 Å². The van der Waals surface area contributed by atoms with E-state index in [2.05, 4.69) is 23.2 Å². The number of hydrogen-bond acceptors (Lipinski definition) is 2. The summed E-state index contributed by atoms with van der Waals surface area (Å²) in [6.45, 7) is 1.63. The van der Waals surface area contributed by atoms with Crippen LogP contribution in [0.15, 0.2) is 30.3 Å². The van der Waals surface area contributed by atoms with E-state index in [0.29, 0.717) is 12.8 Å². The van der Waals surface area contributed by atoms with Gasteiger partial charge >= 0.3 is 0 Å². The molecule has 3 nitrogen and oxygen atoms in total.